The number of halogens is 2. The van der Waals surface area contributed by atoms with Crippen LogP contribution in [0.4, 0.5) is 8.78 Å². The van der Waals surface area contributed by atoms with Gasteiger partial charge in [-0.05, 0) is 18.4 Å². The Morgan fingerprint density at radius 1 is 1.16 bits per heavy atom. The number of rotatable bonds is 7. The second-order valence-electron chi connectivity index (χ2n) is 4.87. The van der Waals surface area contributed by atoms with Crippen LogP contribution in [0.1, 0.15) is 37.4 Å². The Labute approximate surface area is 112 Å². The molecule has 0 aromatic heterocycles. The van der Waals surface area contributed by atoms with Gasteiger partial charge in [-0.1, -0.05) is 31.2 Å². The average Bonchev–Trinajstić information content (AvgIpc) is 2.43. The molecule has 5 heteroatoms. The van der Waals surface area contributed by atoms with Gasteiger partial charge in [0.05, 0.1) is 0 Å². The summed E-state index contributed by atoms with van der Waals surface area (Å²) >= 11 is 0. The molecular weight excluding hydrogens is 250 g/mol. The van der Waals surface area contributed by atoms with Crippen LogP contribution in [0.15, 0.2) is 24.3 Å². The normalized spacial score (nSPS) is 16.4. The molecule has 0 aliphatic heterocycles. The van der Waals surface area contributed by atoms with Crippen LogP contribution in [0, 0.1) is 5.92 Å². The van der Waals surface area contributed by atoms with Gasteiger partial charge in [0.25, 0.3) is 6.43 Å². The fourth-order valence-corrected chi connectivity index (χ4v) is 1.81. The minimum Gasteiger partial charge on any atom is -0.396 e. The molecule has 0 heterocycles. The lowest BCUT2D eigenvalue weighted by atomic mass is 10.00. The fourth-order valence-electron chi connectivity index (χ4n) is 1.81. The highest BCUT2D eigenvalue weighted by Crippen LogP contribution is 2.21. The third kappa shape index (κ3) is 4.53. The van der Waals surface area contributed by atoms with E-state index in [4.69, 9.17) is 10.8 Å². The van der Waals surface area contributed by atoms with Gasteiger partial charge in [0.1, 0.15) is 0 Å². The predicted octanol–water partition coefficient (Wildman–Crippen LogP) is 2.23. The SMILES string of the molecule is CC(CO)C(C)NC(CN)c1ccc(C(F)F)cc1. The predicted molar refractivity (Wildman–Crippen MR) is 72.0 cm³/mol. The first-order valence-corrected chi connectivity index (χ1v) is 6.44. The monoisotopic (exact) mass is 272 g/mol. The molecule has 3 nitrogen and oxygen atoms in total. The van der Waals surface area contributed by atoms with Crippen molar-refractivity contribution in [2.45, 2.75) is 32.4 Å². The van der Waals surface area contributed by atoms with Crippen molar-refractivity contribution < 1.29 is 13.9 Å². The molecule has 3 atom stereocenters. The van der Waals surface area contributed by atoms with Crippen molar-refractivity contribution in [3.8, 4) is 0 Å². The molecule has 0 bridgehead atoms. The second-order valence-corrected chi connectivity index (χ2v) is 4.87. The maximum absolute atomic E-state index is 12.5. The highest BCUT2D eigenvalue weighted by molar-refractivity contribution is 5.26. The van der Waals surface area contributed by atoms with Crippen molar-refractivity contribution in [2.24, 2.45) is 11.7 Å². The number of hydrogen-bond acceptors (Lipinski definition) is 3. The molecule has 1 aromatic rings. The van der Waals surface area contributed by atoms with Gasteiger partial charge in [-0.3, -0.25) is 0 Å². The van der Waals surface area contributed by atoms with Crippen molar-refractivity contribution in [3.05, 3.63) is 35.4 Å². The van der Waals surface area contributed by atoms with E-state index in [0.717, 1.165) is 5.56 Å². The van der Waals surface area contributed by atoms with Crippen LogP contribution < -0.4 is 11.1 Å². The first kappa shape index (κ1) is 16.0. The summed E-state index contributed by atoms with van der Waals surface area (Å²) in [7, 11) is 0. The molecular formula is C14H22F2N2O. The Balaban J connectivity index is 2.74. The zero-order chi connectivity index (χ0) is 14.4. The third-order valence-electron chi connectivity index (χ3n) is 3.43. The number of hydrogen-bond donors (Lipinski definition) is 3. The maximum atomic E-state index is 12.5. The lowest BCUT2D eigenvalue weighted by molar-refractivity contribution is 0.151. The molecule has 0 fully saturated rings. The van der Waals surface area contributed by atoms with E-state index in [-0.39, 0.29) is 30.2 Å². The van der Waals surface area contributed by atoms with Gasteiger partial charge >= 0.3 is 0 Å². The van der Waals surface area contributed by atoms with Gasteiger partial charge in [0, 0.05) is 30.8 Å². The summed E-state index contributed by atoms with van der Waals surface area (Å²) in [5.74, 6) is 0.106. The topological polar surface area (TPSA) is 58.3 Å². The van der Waals surface area contributed by atoms with Crippen molar-refractivity contribution >= 4 is 0 Å². The van der Waals surface area contributed by atoms with E-state index >= 15 is 0 Å². The number of nitrogens with one attached hydrogen (secondary N) is 1. The van der Waals surface area contributed by atoms with Crippen LogP contribution in [0.3, 0.4) is 0 Å². The van der Waals surface area contributed by atoms with E-state index in [2.05, 4.69) is 5.32 Å². The van der Waals surface area contributed by atoms with Crippen molar-refractivity contribution in [3.63, 3.8) is 0 Å². The average molecular weight is 272 g/mol. The molecule has 108 valence electrons. The van der Waals surface area contributed by atoms with Crippen LogP contribution in [-0.2, 0) is 0 Å². The molecule has 1 rings (SSSR count). The fraction of sp³-hybridized carbons (Fsp3) is 0.571. The molecule has 0 radical (unpaired) electrons. The van der Waals surface area contributed by atoms with Crippen LogP contribution in [0.2, 0.25) is 0 Å². The lowest BCUT2D eigenvalue weighted by Crippen LogP contribution is -2.39. The van der Waals surface area contributed by atoms with Gasteiger partial charge in [-0.2, -0.15) is 0 Å². The number of aliphatic hydroxyl groups is 1. The lowest BCUT2D eigenvalue weighted by Gasteiger charge is -2.26. The Bertz CT molecular complexity index is 370. The molecule has 0 spiro atoms. The van der Waals surface area contributed by atoms with E-state index < -0.39 is 6.43 Å². The highest BCUT2D eigenvalue weighted by Gasteiger charge is 2.17. The zero-order valence-corrected chi connectivity index (χ0v) is 11.3. The van der Waals surface area contributed by atoms with Gasteiger partial charge in [-0.25, -0.2) is 8.78 Å². The molecule has 3 unspecified atom stereocenters. The number of alkyl halides is 2. The van der Waals surface area contributed by atoms with E-state index in [1.807, 2.05) is 13.8 Å². The van der Waals surface area contributed by atoms with Gasteiger partial charge in [0.15, 0.2) is 0 Å². The third-order valence-corrected chi connectivity index (χ3v) is 3.43. The van der Waals surface area contributed by atoms with Gasteiger partial charge < -0.3 is 16.2 Å². The van der Waals surface area contributed by atoms with E-state index in [1.165, 1.54) is 12.1 Å². The molecule has 1 aromatic carbocycles. The number of nitrogens with two attached hydrogens (primary N) is 1. The van der Waals surface area contributed by atoms with Crippen molar-refractivity contribution in [2.75, 3.05) is 13.2 Å². The van der Waals surface area contributed by atoms with Crippen LogP contribution in [-0.4, -0.2) is 24.3 Å². The second kappa shape index (κ2) is 7.53. The molecule has 0 aliphatic rings. The summed E-state index contributed by atoms with van der Waals surface area (Å²) in [4.78, 5) is 0. The van der Waals surface area contributed by atoms with Gasteiger partial charge in [-0.15, -0.1) is 0 Å². The molecule has 0 amide bonds. The standard InChI is InChI=1S/C14H22F2N2O/c1-9(8-19)10(2)18-13(7-17)11-3-5-12(6-4-11)14(15)16/h3-6,9-10,13-14,18-19H,7-8,17H2,1-2H3. The summed E-state index contributed by atoms with van der Waals surface area (Å²) in [5.41, 5.74) is 6.61. The number of benzene rings is 1. The first-order valence-electron chi connectivity index (χ1n) is 6.44. The minimum atomic E-state index is -2.45. The molecule has 4 N–H and O–H groups in total. The van der Waals surface area contributed by atoms with Crippen LogP contribution in [0.25, 0.3) is 0 Å². The van der Waals surface area contributed by atoms with Crippen LogP contribution >= 0.6 is 0 Å². The van der Waals surface area contributed by atoms with E-state index in [9.17, 15) is 8.78 Å². The number of aliphatic hydroxyl groups excluding tert-OH is 1. The Kier molecular flexibility index (Phi) is 6.34. The molecule has 19 heavy (non-hydrogen) atoms. The Morgan fingerprint density at radius 3 is 2.11 bits per heavy atom. The summed E-state index contributed by atoms with van der Waals surface area (Å²) in [6, 6.07) is 6.17. The summed E-state index contributed by atoms with van der Waals surface area (Å²) < 4.78 is 25.0. The van der Waals surface area contributed by atoms with Crippen molar-refractivity contribution in [1.29, 1.82) is 0 Å². The largest absolute Gasteiger partial charge is 0.396 e. The summed E-state index contributed by atoms with van der Waals surface area (Å²) in [6.07, 6.45) is -2.45. The Morgan fingerprint density at radius 2 is 1.68 bits per heavy atom. The maximum Gasteiger partial charge on any atom is 0.263 e. The molecule has 0 aliphatic carbocycles. The van der Waals surface area contributed by atoms with Gasteiger partial charge in [0.2, 0.25) is 0 Å². The van der Waals surface area contributed by atoms with Crippen LogP contribution in [0.5, 0.6) is 0 Å². The zero-order valence-electron chi connectivity index (χ0n) is 11.3. The Hall–Kier alpha value is -1.04. The molecule has 0 saturated heterocycles. The van der Waals surface area contributed by atoms with E-state index in [1.54, 1.807) is 12.1 Å². The smallest absolute Gasteiger partial charge is 0.263 e. The first-order chi connectivity index (χ1) is 8.99. The van der Waals surface area contributed by atoms with E-state index in [0.29, 0.717) is 6.54 Å². The minimum absolute atomic E-state index is 0.0105. The summed E-state index contributed by atoms with van der Waals surface area (Å²) in [6.45, 7) is 4.37. The van der Waals surface area contributed by atoms with Crippen molar-refractivity contribution in [1.82, 2.24) is 5.32 Å². The highest BCUT2D eigenvalue weighted by atomic mass is 19.3. The quantitative estimate of drug-likeness (QED) is 0.713. The summed E-state index contributed by atoms with van der Waals surface area (Å²) in [5, 5.41) is 12.4. The molecule has 0 saturated carbocycles.